The van der Waals surface area contributed by atoms with Gasteiger partial charge in [0.05, 0.1) is 17.9 Å². The Labute approximate surface area is 153 Å². The molecule has 1 atom stereocenters. The topological polar surface area (TPSA) is 97.0 Å². The van der Waals surface area contributed by atoms with Gasteiger partial charge in [-0.3, -0.25) is 9.59 Å². The van der Waals surface area contributed by atoms with E-state index in [2.05, 4.69) is 26.8 Å². The van der Waals surface area contributed by atoms with E-state index in [1.54, 1.807) is 6.20 Å². The second kappa shape index (κ2) is 9.70. The summed E-state index contributed by atoms with van der Waals surface area (Å²) < 4.78 is 5.04. The second-order valence-electron chi connectivity index (χ2n) is 6.46. The first-order valence-corrected chi connectivity index (χ1v) is 8.82. The highest BCUT2D eigenvalue weighted by molar-refractivity contribution is 5.80. The van der Waals surface area contributed by atoms with Gasteiger partial charge in [0.1, 0.15) is 0 Å². The van der Waals surface area contributed by atoms with Gasteiger partial charge in [0.25, 0.3) is 5.91 Å². The number of aryl methyl sites for hydroxylation is 3. The number of benzene rings is 1. The third-order valence-corrected chi connectivity index (χ3v) is 4.30. The van der Waals surface area contributed by atoms with Gasteiger partial charge in [-0.1, -0.05) is 18.2 Å². The number of H-pyrrole nitrogens is 1. The Kier molecular flexibility index (Phi) is 7.32. The number of unbranched alkanes of at least 4 members (excludes halogenated alkanes) is 1. The SMILES string of the molecule is Cc1ccc([C@H](C)NC(=O)COC(=O)CCCCc2cn[nH]n2)cc1C. The van der Waals surface area contributed by atoms with Crippen molar-refractivity contribution in [3.8, 4) is 0 Å². The lowest BCUT2D eigenvalue weighted by Crippen LogP contribution is -2.31. The molecule has 0 fully saturated rings. The Balaban J connectivity index is 1.64. The monoisotopic (exact) mass is 358 g/mol. The van der Waals surface area contributed by atoms with Crippen LogP contribution in [0.15, 0.2) is 24.4 Å². The predicted octanol–water partition coefficient (Wildman–Crippen LogP) is 2.55. The molecule has 0 aliphatic heterocycles. The first-order chi connectivity index (χ1) is 12.5. The van der Waals surface area contributed by atoms with E-state index >= 15 is 0 Å². The van der Waals surface area contributed by atoms with Crippen LogP contribution in [0.25, 0.3) is 0 Å². The largest absolute Gasteiger partial charge is 0.456 e. The normalized spacial score (nSPS) is 11.8. The molecule has 0 saturated carbocycles. The fourth-order valence-corrected chi connectivity index (χ4v) is 2.54. The number of amides is 1. The van der Waals surface area contributed by atoms with Crippen LogP contribution in [0.3, 0.4) is 0 Å². The van der Waals surface area contributed by atoms with Crippen molar-refractivity contribution in [3.05, 3.63) is 46.8 Å². The molecule has 0 radical (unpaired) electrons. The van der Waals surface area contributed by atoms with E-state index in [9.17, 15) is 9.59 Å². The summed E-state index contributed by atoms with van der Waals surface area (Å²) in [5.41, 5.74) is 4.30. The van der Waals surface area contributed by atoms with Gasteiger partial charge in [0.15, 0.2) is 6.61 Å². The Morgan fingerprint density at radius 1 is 1.23 bits per heavy atom. The average Bonchev–Trinajstić information content (AvgIpc) is 3.12. The van der Waals surface area contributed by atoms with E-state index in [0.717, 1.165) is 24.1 Å². The fourth-order valence-electron chi connectivity index (χ4n) is 2.54. The van der Waals surface area contributed by atoms with Crippen LogP contribution in [0.1, 0.15) is 54.6 Å². The molecule has 0 aliphatic carbocycles. The molecule has 0 aliphatic rings. The van der Waals surface area contributed by atoms with Gasteiger partial charge in [-0.2, -0.15) is 15.4 Å². The van der Waals surface area contributed by atoms with Gasteiger partial charge in [-0.25, -0.2) is 0 Å². The Hall–Kier alpha value is -2.70. The highest BCUT2D eigenvalue weighted by Crippen LogP contribution is 2.16. The fraction of sp³-hybridized carbons (Fsp3) is 0.474. The number of esters is 1. The van der Waals surface area contributed by atoms with Gasteiger partial charge >= 0.3 is 5.97 Å². The number of hydrogen-bond acceptors (Lipinski definition) is 5. The number of rotatable bonds is 9. The molecule has 0 saturated heterocycles. The maximum atomic E-state index is 12.0. The van der Waals surface area contributed by atoms with Crippen LogP contribution in [0.2, 0.25) is 0 Å². The zero-order valence-corrected chi connectivity index (χ0v) is 15.5. The third kappa shape index (κ3) is 6.31. The van der Waals surface area contributed by atoms with Crippen LogP contribution in [-0.4, -0.2) is 33.9 Å². The molecule has 26 heavy (non-hydrogen) atoms. The van der Waals surface area contributed by atoms with Crippen molar-refractivity contribution in [2.24, 2.45) is 0 Å². The van der Waals surface area contributed by atoms with Gasteiger partial charge in [-0.05, 0) is 56.7 Å². The minimum absolute atomic E-state index is 0.136. The lowest BCUT2D eigenvalue weighted by molar-refractivity contribution is -0.148. The van der Waals surface area contributed by atoms with E-state index in [0.29, 0.717) is 6.42 Å². The number of nitrogens with one attached hydrogen (secondary N) is 2. The lowest BCUT2D eigenvalue weighted by Gasteiger charge is -2.15. The Morgan fingerprint density at radius 2 is 2.04 bits per heavy atom. The summed E-state index contributed by atoms with van der Waals surface area (Å²) in [6.07, 6.45) is 4.22. The molecule has 1 heterocycles. The van der Waals surface area contributed by atoms with Crippen LogP contribution in [0.4, 0.5) is 0 Å². The van der Waals surface area contributed by atoms with Crippen molar-refractivity contribution in [3.63, 3.8) is 0 Å². The number of aromatic amines is 1. The van der Waals surface area contributed by atoms with Crippen molar-refractivity contribution in [1.82, 2.24) is 20.7 Å². The Bertz CT molecular complexity index is 728. The van der Waals surface area contributed by atoms with Crippen LogP contribution >= 0.6 is 0 Å². The van der Waals surface area contributed by atoms with Crippen molar-refractivity contribution >= 4 is 11.9 Å². The smallest absolute Gasteiger partial charge is 0.306 e. The number of aromatic nitrogens is 3. The summed E-state index contributed by atoms with van der Waals surface area (Å²) in [6.45, 7) is 5.75. The minimum Gasteiger partial charge on any atom is -0.456 e. The van der Waals surface area contributed by atoms with Crippen LogP contribution in [-0.2, 0) is 20.7 Å². The molecular weight excluding hydrogens is 332 g/mol. The number of nitrogens with zero attached hydrogens (tertiary/aromatic N) is 2. The van der Waals surface area contributed by atoms with Crippen molar-refractivity contribution in [1.29, 1.82) is 0 Å². The van der Waals surface area contributed by atoms with Crippen LogP contribution < -0.4 is 5.32 Å². The molecule has 7 nitrogen and oxygen atoms in total. The Morgan fingerprint density at radius 3 is 2.73 bits per heavy atom. The third-order valence-electron chi connectivity index (χ3n) is 4.30. The van der Waals surface area contributed by atoms with E-state index in [1.165, 1.54) is 11.1 Å². The number of ether oxygens (including phenoxy) is 1. The molecule has 1 aromatic heterocycles. The van der Waals surface area contributed by atoms with Gasteiger partial charge in [0, 0.05) is 6.42 Å². The number of hydrogen-bond donors (Lipinski definition) is 2. The summed E-state index contributed by atoms with van der Waals surface area (Å²) in [6, 6.07) is 5.95. The summed E-state index contributed by atoms with van der Waals surface area (Å²) in [7, 11) is 0. The van der Waals surface area contributed by atoms with Crippen molar-refractivity contribution in [2.75, 3.05) is 6.61 Å². The van der Waals surface area contributed by atoms with Gasteiger partial charge in [0.2, 0.25) is 0 Å². The highest BCUT2D eigenvalue weighted by Gasteiger charge is 2.12. The molecule has 2 rings (SSSR count). The summed E-state index contributed by atoms with van der Waals surface area (Å²) >= 11 is 0. The predicted molar refractivity (Wildman–Crippen MR) is 97.4 cm³/mol. The maximum absolute atomic E-state index is 12.0. The molecule has 1 amide bonds. The minimum atomic E-state index is -0.362. The summed E-state index contributed by atoms with van der Waals surface area (Å²) in [5.74, 6) is -0.661. The molecule has 0 bridgehead atoms. The molecule has 0 unspecified atom stereocenters. The van der Waals surface area contributed by atoms with Crippen molar-refractivity contribution < 1.29 is 14.3 Å². The molecule has 2 N–H and O–H groups in total. The van der Waals surface area contributed by atoms with Crippen molar-refractivity contribution in [2.45, 2.75) is 52.5 Å². The van der Waals surface area contributed by atoms with Crippen LogP contribution in [0, 0.1) is 13.8 Å². The molecule has 1 aromatic carbocycles. The molecule has 7 heteroatoms. The highest BCUT2D eigenvalue weighted by atomic mass is 16.5. The van der Waals surface area contributed by atoms with E-state index < -0.39 is 0 Å². The maximum Gasteiger partial charge on any atom is 0.306 e. The zero-order valence-electron chi connectivity index (χ0n) is 15.5. The lowest BCUT2D eigenvalue weighted by atomic mass is 10.0. The molecular formula is C19H26N4O3. The number of carbonyl (C=O) groups excluding carboxylic acids is 2. The summed E-state index contributed by atoms with van der Waals surface area (Å²) in [5, 5.41) is 13.1. The average molecular weight is 358 g/mol. The summed E-state index contributed by atoms with van der Waals surface area (Å²) in [4.78, 5) is 23.7. The molecule has 140 valence electrons. The standard InChI is InChI=1S/C19H26N4O3/c1-13-8-9-16(10-14(13)2)15(3)21-18(24)12-26-19(25)7-5-4-6-17-11-20-23-22-17/h8-11,15H,4-7,12H2,1-3H3,(H,21,24)(H,20,22,23)/t15-/m0/s1. The molecule has 0 spiro atoms. The number of carbonyl (C=O) groups is 2. The van der Waals surface area contributed by atoms with Gasteiger partial charge < -0.3 is 10.1 Å². The molecule has 2 aromatic rings. The van der Waals surface area contributed by atoms with E-state index in [1.807, 2.05) is 32.9 Å². The van der Waals surface area contributed by atoms with Crippen LogP contribution in [0.5, 0.6) is 0 Å². The first kappa shape index (κ1) is 19.6. The zero-order chi connectivity index (χ0) is 18.9. The van der Waals surface area contributed by atoms with E-state index in [-0.39, 0.29) is 30.9 Å². The second-order valence-corrected chi connectivity index (χ2v) is 6.46. The van der Waals surface area contributed by atoms with E-state index in [4.69, 9.17) is 4.74 Å². The quantitative estimate of drug-likeness (QED) is 0.530. The first-order valence-electron chi connectivity index (χ1n) is 8.82. The van der Waals surface area contributed by atoms with Gasteiger partial charge in [-0.15, -0.1) is 0 Å².